The van der Waals surface area contributed by atoms with Crippen LogP contribution >= 0.6 is 0 Å². The Morgan fingerprint density at radius 2 is 2.25 bits per heavy atom. The van der Waals surface area contributed by atoms with Gasteiger partial charge in [-0.25, -0.2) is 0 Å². The number of hydrogen-bond donors (Lipinski definition) is 1. The van der Waals surface area contributed by atoms with E-state index in [0.717, 1.165) is 19.0 Å². The van der Waals surface area contributed by atoms with Crippen LogP contribution in [0.3, 0.4) is 0 Å². The van der Waals surface area contributed by atoms with Crippen molar-refractivity contribution in [1.82, 2.24) is 10.2 Å². The molecule has 0 spiro atoms. The number of nitrogens with zero attached hydrogens (tertiary/aromatic N) is 1. The number of carbonyl (C=O) groups excluding carboxylic acids is 1. The second-order valence-electron chi connectivity index (χ2n) is 5.50. The van der Waals surface area contributed by atoms with Crippen LogP contribution in [0.4, 0.5) is 0 Å². The number of morpholine rings is 1. The van der Waals surface area contributed by atoms with E-state index in [1.54, 1.807) is 0 Å². The fourth-order valence-corrected chi connectivity index (χ4v) is 2.05. The van der Waals surface area contributed by atoms with Crippen molar-refractivity contribution in [3.63, 3.8) is 0 Å². The third-order valence-electron chi connectivity index (χ3n) is 3.18. The van der Waals surface area contributed by atoms with E-state index in [9.17, 15) is 4.79 Å². The first-order valence-corrected chi connectivity index (χ1v) is 6.19. The van der Waals surface area contributed by atoms with Gasteiger partial charge in [0.25, 0.3) is 0 Å². The molecule has 1 aliphatic carbocycles. The first-order chi connectivity index (χ1) is 7.57. The smallest absolute Gasteiger partial charge is 0.236 e. The van der Waals surface area contributed by atoms with Crippen molar-refractivity contribution in [3.8, 4) is 0 Å². The van der Waals surface area contributed by atoms with Gasteiger partial charge in [0.2, 0.25) is 5.91 Å². The highest BCUT2D eigenvalue weighted by atomic mass is 16.5. The summed E-state index contributed by atoms with van der Waals surface area (Å²) in [5.41, 5.74) is -0.190. The molecule has 0 aromatic heterocycles. The Balaban J connectivity index is 1.70. The average molecular weight is 226 g/mol. The van der Waals surface area contributed by atoms with Crippen molar-refractivity contribution >= 4 is 5.91 Å². The van der Waals surface area contributed by atoms with E-state index in [4.69, 9.17) is 4.74 Å². The average Bonchev–Trinajstić information content (AvgIpc) is 3.00. The zero-order chi connectivity index (χ0) is 11.6. The van der Waals surface area contributed by atoms with Crippen LogP contribution in [0.15, 0.2) is 0 Å². The van der Waals surface area contributed by atoms with E-state index in [2.05, 4.69) is 5.32 Å². The van der Waals surface area contributed by atoms with Crippen LogP contribution in [0.25, 0.3) is 0 Å². The number of amides is 1. The SMILES string of the molecule is CC1(C)CN(C(=O)CNCC2CC2)CCO1. The maximum absolute atomic E-state index is 11.9. The molecule has 2 rings (SSSR count). The van der Waals surface area contributed by atoms with E-state index >= 15 is 0 Å². The van der Waals surface area contributed by atoms with Crippen molar-refractivity contribution < 1.29 is 9.53 Å². The minimum absolute atomic E-state index is 0.190. The lowest BCUT2D eigenvalue weighted by atomic mass is 10.1. The van der Waals surface area contributed by atoms with Crippen LogP contribution in [0.5, 0.6) is 0 Å². The monoisotopic (exact) mass is 226 g/mol. The lowest BCUT2D eigenvalue weighted by molar-refractivity contribution is -0.144. The molecule has 1 saturated carbocycles. The third kappa shape index (κ3) is 3.46. The fraction of sp³-hybridized carbons (Fsp3) is 0.917. The number of carbonyl (C=O) groups is 1. The Hall–Kier alpha value is -0.610. The molecule has 1 saturated heterocycles. The Kier molecular flexibility index (Phi) is 3.50. The summed E-state index contributed by atoms with van der Waals surface area (Å²) in [6, 6.07) is 0. The molecule has 2 aliphatic rings. The first-order valence-electron chi connectivity index (χ1n) is 6.19. The summed E-state index contributed by atoms with van der Waals surface area (Å²) < 4.78 is 5.58. The zero-order valence-corrected chi connectivity index (χ0v) is 10.3. The van der Waals surface area contributed by atoms with Crippen LogP contribution in [0.1, 0.15) is 26.7 Å². The molecule has 0 bridgehead atoms. The molecule has 2 fully saturated rings. The van der Waals surface area contributed by atoms with Crippen molar-refractivity contribution in [1.29, 1.82) is 0 Å². The predicted octanol–water partition coefficient (Wildman–Crippen LogP) is 0.623. The van der Waals surface area contributed by atoms with Crippen molar-refractivity contribution in [2.45, 2.75) is 32.3 Å². The molecule has 92 valence electrons. The van der Waals surface area contributed by atoms with Crippen molar-refractivity contribution in [2.24, 2.45) is 5.92 Å². The minimum Gasteiger partial charge on any atom is -0.372 e. The predicted molar refractivity (Wildman–Crippen MR) is 62.2 cm³/mol. The number of nitrogens with one attached hydrogen (secondary N) is 1. The molecule has 16 heavy (non-hydrogen) atoms. The number of ether oxygens (including phenoxy) is 1. The fourth-order valence-electron chi connectivity index (χ4n) is 2.05. The van der Waals surface area contributed by atoms with Gasteiger partial charge in [-0.15, -0.1) is 0 Å². The molecule has 4 heteroatoms. The molecule has 4 nitrogen and oxygen atoms in total. The van der Waals surface area contributed by atoms with Gasteiger partial charge in [-0.3, -0.25) is 4.79 Å². The normalized spacial score (nSPS) is 24.5. The Morgan fingerprint density at radius 3 is 2.88 bits per heavy atom. The van der Waals surface area contributed by atoms with Gasteiger partial charge in [0.15, 0.2) is 0 Å². The summed E-state index contributed by atoms with van der Waals surface area (Å²) >= 11 is 0. The highest BCUT2D eigenvalue weighted by Gasteiger charge is 2.29. The van der Waals surface area contributed by atoms with Gasteiger partial charge in [0.05, 0.1) is 18.8 Å². The van der Waals surface area contributed by atoms with Crippen molar-refractivity contribution in [2.75, 3.05) is 32.8 Å². The quantitative estimate of drug-likeness (QED) is 0.764. The van der Waals surface area contributed by atoms with E-state index < -0.39 is 0 Å². The molecular weight excluding hydrogens is 204 g/mol. The standard InChI is InChI=1S/C12H22N2O2/c1-12(2)9-14(5-6-16-12)11(15)8-13-7-10-3-4-10/h10,13H,3-9H2,1-2H3. The second kappa shape index (κ2) is 4.72. The Labute approximate surface area is 97.3 Å². The summed E-state index contributed by atoms with van der Waals surface area (Å²) in [7, 11) is 0. The molecule has 1 N–H and O–H groups in total. The molecule has 0 atom stereocenters. The maximum Gasteiger partial charge on any atom is 0.236 e. The Morgan fingerprint density at radius 1 is 1.50 bits per heavy atom. The van der Waals surface area contributed by atoms with Crippen LogP contribution in [-0.4, -0.2) is 49.2 Å². The highest BCUT2D eigenvalue weighted by Crippen LogP contribution is 2.27. The van der Waals surface area contributed by atoms with Gasteiger partial charge in [0, 0.05) is 13.1 Å². The van der Waals surface area contributed by atoms with E-state index in [1.165, 1.54) is 12.8 Å². The molecule has 1 aliphatic heterocycles. The van der Waals surface area contributed by atoms with Gasteiger partial charge in [-0.1, -0.05) is 0 Å². The largest absolute Gasteiger partial charge is 0.372 e. The number of rotatable bonds is 4. The lowest BCUT2D eigenvalue weighted by Gasteiger charge is -2.38. The number of hydrogen-bond acceptors (Lipinski definition) is 3. The Bertz CT molecular complexity index is 262. The summed E-state index contributed by atoms with van der Waals surface area (Å²) in [4.78, 5) is 13.8. The minimum atomic E-state index is -0.190. The van der Waals surface area contributed by atoms with Gasteiger partial charge in [-0.2, -0.15) is 0 Å². The zero-order valence-electron chi connectivity index (χ0n) is 10.3. The lowest BCUT2D eigenvalue weighted by Crippen LogP contribution is -2.52. The molecule has 0 radical (unpaired) electrons. The summed E-state index contributed by atoms with van der Waals surface area (Å²) in [5.74, 6) is 1.03. The molecule has 0 unspecified atom stereocenters. The topological polar surface area (TPSA) is 41.6 Å². The summed E-state index contributed by atoms with van der Waals surface area (Å²) in [6.45, 7) is 7.63. The first kappa shape index (κ1) is 11.9. The molecule has 0 aromatic rings. The third-order valence-corrected chi connectivity index (χ3v) is 3.18. The van der Waals surface area contributed by atoms with Gasteiger partial charge in [-0.05, 0) is 39.2 Å². The molecule has 1 heterocycles. The second-order valence-corrected chi connectivity index (χ2v) is 5.50. The van der Waals surface area contributed by atoms with Gasteiger partial charge in [0.1, 0.15) is 0 Å². The maximum atomic E-state index is 11.9. The van der Waals surface area contributed by atoms with Gasteiger partial charge < -0.3 is 15.0 Å². The van der Waals surface area contributed by atoms with Crippen LogP contribution in [0, 0.1) is 5.92 Å². The van der Waals surface area contributed by atoms with E-state index in [1.807, 2.05) is 18.7 Å². The summed E-state index contributed by atoms with van der Waals surface area (Å²) in [5, 5.41) is 3.24. The molecule has 1 amide bonds. The van der Waals surface area contributed by atoms with E-state index in [0.29, 0.717) is 19.7 Å². The molecular formula is C12H22N2O2. The van der Waals surface area contributed by atoms with Crippen LogP contribution in [-0.2, 0) is 9.53 Å². The van der Waals surface area contributed by atoms with Gasteiger partial charge >= 0.3 is 0 Å². The molecule has 0 aromatic carbocycles. The van der Waals surface area contributed by atoms with Crippen LogP contribution < -0.4 is 5.32 Å². The van der Waals surface area contributed by atoms with E-state index in [-0.39, 0.29) is 11.5 Å². The summed E-state index contributed by atoms with van der Waals surface area (Å²) in [6.07, 6.45) is 2.65. The highest BCUT2D eigenvalue weighted by molar-refractivity contribution is 5.78. The van der Waals surface area contributed by atoms with Crippen LogP contribution in [0.2, 0.25) is 0 Å². The van der Waals surface area contributed by atoms with Crippen molar-refractivity contribution in [3.05, 3.63) is 0 Å².